The first-order chi connectivity index (χ1) is 11.2. The zero-order valence-corrected chi connectivity index (χ0v) is 13.0. The van der Waals surface area contributed by atoms with Gasteiger partial charge >= 0.3 is 6.09 Å². The van der Waals surface area contributed by atoms with Crippen LogP contribution in [0, 0.1) is 0 Å². The molecule has 0 unspecified atom stereocenters. The fraction of sp³-hybridized carbons (Fsp3) is 0.467. The first-order valence-corrected chi connectivity index (χ1v) is 7.66. The summed E-state index contributed by atoms with van der Waals surface area (Å²) in [6.07, 6.45) is -0.318. The number of aromatic nitrogens is 3. The van der Waals surface area contributed by atoms with E-state index in [0.29, 0.717) is 32.8 Å². The van der Waals surface area contributed by atoms with Crippen LogP contribution in [0.5, 0.6) is 0 Å². The Morgan fingerprint density at radius 3 is 2.57 bits per heavy atom. The number of fused-ring (bicyclic) bond motifs is 1. The topological polar surface area (TPSA) is 80.6 Å². The predicted octanol–water partition coefficient (Wildman–Crippen LogP) is 0.732. The van der Waals surface area contributed by atoms with Gasteiger partial charge in [-0.2, -0.15) is 0 Å². The van der Waals surface area contributed by atoms with Crippen LogP contribution in [-0.4, -0.2) is 69.6 Å². The summed E-state index contributed by atoms with van der Waals surface area (Å²) in [7, 11) is 0. The summed E-state index contributed by atoms with van der Waals surface area (Å²) in [5, 5.41) is 8.08. The average molecular weight is 317 g/mol. The van der Waals surface area contributed by atoms with Gasteiger partial charge in [-0.05, 0) is 19.1 Å². The monoisotopic (exact) mass is 317 g/mol. The van der Waals surface area contributed by atoms with Crippen molar-refractivity contribution >= 4 is 23.0 Å². The van der Waals surface area contributed by atoms with Crippen molar-refractivity contribution in [2.45, 2.75) is 13.5 Å². The maximum absolute atomic E-state index is 12.4. The van der Waals surface area contributed by atoms with Gasteiger partial charge in [0.05, 0.1) is 12.1 Å². The predicted molar refractivity (Wildman–Crippen MR) is 82.7 cm³/mol. The molecule has 1 fully saturated rings. The van der Waals surface area contributed by atoms with Crippen molar-refractivity contribution in [1.82, 2.24) is 24.8 Å². The molecular formula is C15H19N5O3. The SMILES string of the molecule is CCOC(=O)N1CCN(C(=O)Cn2nnc3ccccc32)CC1. The number of piperazine rings is 1. The Morgan fingerprint density at radius 1 is 1.13 bits per heavy atom. The van der Waals surface area contributed by atoms with Gasteiger partial charge in [0, 0.05) is 26.2 Å². The number of carbonyl (C=O) groups excluding carboxylic acids is 2. The van der Waals surface area contributed by atoms with Gasteiger partial charge in [-0.25, -0.2) is 9.48 Å². The molecule has 1 saturated heterocycles. The van der Waals surface area contributed by atoms with Crippen LogP contribution in [0.25, 0.3) is 11.0 Å². The Kier molecular flexibility index (Phi) is 4.40. The Morgan fingerprint density at radius 2 is 1.83 bits per heavy atom. The molecule has 2 amide bonds. The molecule has 0 bridgehead atoms. The molecule has 0 radical (unpaired) electrons. The van der Waals surface area contributed by atoms with E-state index in [4.69, 9.17) is 4.74 Å². The Labute approximate surface area is 133 Å². The van der Waals surface area contributed by atoms with Crippen LogP contribution in [-0.2, 0) is 16.1 Å². The van der Waals surface area contributed by atoms with E-state index in [9.17, 15) is 9.59 Å². The summed E-state index contributed by atoms with van der Waals surface area (Å²) in [4.78, 5) is 27.4. The molecule has 0 N–H and O–H groups in total. The van der Waals surface area contributed by atoms with Crippen LogP contribution >= 0.6 is 0 Å². The molecule has 122 valence electrons. The minimum absolute atomic E-state index is 0.0239. The van der Waals surface area contributed by atoms with E-state index in [-0.39, 0.29) is 18.5 Å². The van der Waals surface area contributed by atoms with Gasteiger partial charge in [-0.15, -0.1) is 5.10 Å². The van der Waals surface area contributed by atoms with E-state index in [1.807, 2.05) is 24.3 Å². The maximum Gasteiger partial charge on any atom is 0.409 e. The second-order valence-corrected chi connectivity index (χ2v) is 5.30. The van der Waals surface area contributed by atoms with Gasteiger partial charge in [-0.1, -0.05) is 17.3 Å². The number of para-hydroxylation sites is 1. The fourth-order valence-electron chi connectivity index (χ4n) is 2.62. The van der Waals surface area contributed by atoms with Crippen molar-refractivity contribution in [2.75, 3.05) is 32.8 Å². The standard InChI is InChI=1S/C15H19N5O3/c1-2-23-15(22)19-9-7-18(8-10-19)14(21)11-20-13-6-4-3-5-12(13)16-17-20/h3-6H,2,7-11H2,1H3. The van der Waals surface area contributed by atoms with Crippen molar-refractivity contribution in [3.8, 4) is 0 Å². The van der Waals surface area contributed by atoms with Crippen molar-refractivity contribution in [1.29, 1.82) is 0 Å². The summed E-state index contributed by atoms with van der Waals surface area (Å²) in [5.74, 6) is -0.0239. The first kappa shape index (κ1) is 15.3. The molecule has 1 aromatic heterocycles. The number of carbonyl (C=O) groups is 2. The normalized spacial score (nSPS) is 15.0. The molecule has 8 heteroatoms. The van der Waals surface area contributed by atoms with E-state index in [1.165, 1.54) is 0 Å². The largest absolute Gasteiger partial charge is 0.450 e. The van der Waals surface area contributed by atoms with Gasteiger partial charge in [-0.3, -0.25) is 4.79 Å². The van der Waals surface area contributed by atoms with E-state index in [0.717, 1.165) is 11.0 Å². The van der Waals surface area contributed by atoms with Crippen LogP contribution in [0.2, 0.25) is 0 Å². The first-order valence-electron chi connectivity index (χ1n) is 7.66. The molecule has 0 atom stereocenters. The third-order valence-corrected chi connectivity index (χ3v) is 3.86. The van der Waals surface area contributed by atoms with Crippen LogP contribution in [0.15, 0.2) is 24.3 Å². The second-order valence-electron chi connectivity index (χ2n) is 5.30. The van der Waals surface area contributed by atoms with Crippen molar-refractivity contribution < 1.29 is 14.3 Å². The third kappa shape index (κ3) is 3.25. The highest BCUT2D eigenvalue weighted by molar-refractivity contribution is 5.80. The summed E-state index contributed by atoms with van der Waals surface area (Å²) in [5.41, 5.74) is 1.61. The molecule has 1 aliphatic heterocycles. The molecule has 2 heterocycles. The Hall–Kier alpha value is -2.64. The maximum atomic E-state index is 12.4. The molecule has 1 aromatic carbocycles. The number of ether oxygens (including phenoxy) is 1. The minimum Gasteiger partial charge on any atom is -0.450 e. The molecule has 8 nitrogen and oxygen atoms in total. The smallest absolute Gasteiger partial charge is 0.409 e. The number of amides is 2. The summed E-state index contributed by atoms with van der Waals surface area (Å²) < 4.78 is 6.58. The lowest BCUT2D eigenvalue weighted by Gasteiger charge is -2.34. The fourth-order valence-corrected chi connectivity index (χ4v) is 2.62. The number of benzene rings is 1. The molecule has 0 aliphatic carbocycles. The molecule has 2 aromatic rings. The van der Waals surface area contributed by atoms with Crippen molar-refractivity contribution in [2.24, 2.45) is 0 Å². The number of hydrogen-bond donors (Lipinski definition) is 0. The van der Waals surface area contributed by atoms with Crippen molar-refractivity contribution in [3.63, 3.8) is 0 Å². The van der Waals surface area contributed by atoms with Crippen LogP contribution in [0.3, 0.4) is 0 Å². The lowest BCUT2D eigenvalue weighted by Crippen LogP contribution is -2.51. The summed E-state index contributed by atoms with van der Waals surface area (Å²) in [6.45, 7) is 4.28. The highest BCUT2D eigenvalue weighted by Gasteiger charge is 2.25. The van der Waals surface area contributed by atoms with Crippen molar-refractivity contribution in [3.05, 3.63) is 24.3 Å². The van der Waals surface area contributed by atoms with E-state index < -0.39 is 0 Å². The quantitative estimate of drug-likeness (QED) is 0.834. The number of nitrogens with zero attached hydrogens (tertiary/aromatic N) is 5. The zero-order chi connectivity index (χ0) is 16.2. The van der Waals surface area contributed by atoms with E-state index in [1.54, 1.807) is 21.4 Å². The molecule has 0 saturated carbocycles. The number of hydrogen-bond acceptors (Lipinski definition) is 5. The molecule has 23 heavy (non-hydrogen) atoms. The van der Waals surface area contributed by atoms with Crippen LogP contribution in [0.1, 0.15) is 6.92 Å². The molecule has 0 spiro atoms. The van der Waals surface area contributed by atoms with E-state index in [2.05, 4.69) is 10.3 Å². The van der Waals surface area contributed by atoms with Gasteiger partial charge in [0.2, 0.25) is 5.91 Å². The molecule has 1 aliphatic rings. The van der Waals surface area contributed by atoms with Gasteiger partial charge in [0.25, 0.3) is 0 Å². The second kappa shape index (κ2) is 6.64. The lowest BCUT2D eigenvalue weighted by molar-refractivity contribution is -0.133. The van der Waals surface area contributed by atoms with Gasteiger partial charge in [0.15, 0.2) is 0 Å². The van der Waals surface area contributed by atoms with Crippen LogP contribution in [0.4, 0.5) is 4.79 Å². The Bertz CT molecular complexity index is 706. The third-order valence-electron chi connectivity index (χ3n) is 3.86. The minimum atomic E-state index is -0.318. The number of rotatable bonds is 3. The lowest BCUT2D eigenvalue weighted by atomic mass is 10.3. The summed E-state index contributed by atoms with van der Waals surface area (Å²) in [6, 6.07) is 7.53. The van der Waals surface area contributed by atoms with Gasteiger partial charge in [0.1, 0.15) is 12.1 Å². The van der Waals surface area contributed by atoms with Gasteiger partial charge < -0.3 is 14.5 Å². The molecular weight excluding hydrogens is 298 g/mol. The highest BCUT2D eigenvalue weighted by atomic mass is 16.6. The Balaban J connectivity index is 1.59. The van der Waals surface area contributed by atoms with E-state index >= 15 is 0 Å². The summed E-state index contributed by atoms with van der Waals surface area (Å²) >= 11 is 0. The van der Waals surface area contributed by atoms with Crippen LogP contribution < -0.4 is 0 Å². The highest BCUT2D eigenvalue weighted by Crippen LogP contribution is 2.11. The molecule has 3 rings (SSSR count). The zero-order valence-electron chi connectivity index (χ0n) is 13.0. The average Bonchev–Trinajstić information content (AvgIpc) is 2.98.